The molecule has 1 N–H and O–H groups in total. The third-order valence-electron chi connectivity index (χ3n) is 1.87. The first-order chi connectivity index (χ1) is 3.84. The minimum atomic E-state index is -0.233. The Morgan fingerprint density at radius 1 is 1.62 bits per heavy atom. The van der Waals surface area contributed by atoms with Gasteiger partial charge < -0.3 is 5.11 Å². The molecule has 1 heteroatoms. The van der Waals surface area contributed by atoms with Gasteiger partial charge in [0.1, 0.15) is 0 Å². The summed E-state index contributed by atoms with van der Waals surface area (Å²) in [6.45, 7) is 3.51. The SMILES string of the molecule is C=CC(O)C1CCC1. The maximum atomic E-state index is 9.06. The third-order valence-corrected chi connectivity index (χ3v) is 1.87. The lowest BCUT2D eigenvalue weighted by atomic mass is 9.81. The van der Waals surface area contributed by atoms with Crippen LogP contribution in [0.15, 0.2) is 12.7 Å². The van der Waals surface area contributed by atoms with Crippen LogP contribution in [-0.2, 0) is 0 Å². The summed E-state index contributed by atoms with van der Waals surface area (Å²) in [6.07, 6.45) is 5.06. The molecule has 1 saturated carbocycles. The van der Waals surface area contributed by atoms with Crippen molar-refractivity contribution in [3.63, 3.8) is 0 Å². The zero-order valence-electron chi connectivity index (χ0n) is 5.01. The van der Waals surface area contributed by atoms with E-state index in [1.807, 2.05) is 0 Å². The van der Waals surface area contributed by atoms with E-state index in [4.69, 9.17) is 5.11 Å². The molecule has 0 radical (unpaired) electrons. The van der Waals surface area contributed by atoms with Gasteiger partial charge in [-0.1, -0.05) is 12.5 Å². The van der Waals surface area contributed by atoms with Crippen LogP contribution in [0.1, 0.15) is 19.3 Å². The van der Waals surface area contributed by atoms with E-state index in [1.54, 1.807) is 6.08 Å². The van der Waals surface area contributed by atoms with E-state index in [-0.39, 0.29) is 6.10 Å². The molecule has 1 nitrogen and oxygen atoms in total. The molecule has 1 unspecified atom stereocenters. The highest BCUT2D eigenvalue weighted by molar-refractivity contribution is 4.88. The zero-order chi connectivity index (χ0) is 5.98. The molecule has 0 aromatic rings. The average molecular weight is 112 g/mol. The highest BCUT2D eigenvalue weighted by Crippen LogP contribution is 2.29. The molecule has 1 rings (SSSR count). The fraction of sp³-hybridized carbons (Fsp3) is 0.714. The summed E-state index contributed by atoms with van der Waals surface area (Å²) in [4.78, 5) is 0. The summed E-state index contributed by atoms with van der Waals surface area (Å²) < 4.78 is 0. The van der Waals surface area contributed by atoms with Crippen LogP contribution in [0.3, 0.4) is 0 Å². The van der Waals surface area contributed by atoms with Gasteiger partial charge in [0.25, 0.3) is 0 Å². The highest BCUT2D eigenvalue weighted by Gasteiger charge is 2.22. The predicted octanol–water partition coefficient (Wildman–Crippen LogP) is 1.33. The van der Waals surface area contributed by atoms with E-state index in [0.717, 1.165) is 0 Å². The van der Waals surface area contributed by atoms with Crippen LogP contribution in [0.2, 0.25) is 0 Å². The standard InChI is InChI=1S/C7H12O/c1-2-7(8)6-4-3-5-6/h2,6-8H,1,3-5H2. The molecule has 0 amide bonds. The van der Waals surface area contributed by atoms with E-state index in [2.05, 4.69) is 6.58 Å². The van der Waals surface area contributed by atoms with Gasteiger partial charge in [0.15, 0.2) is 0 Å². The molecule has 0 bridgehead atoms. The third kappa shape index (κ3) is 0.920. The van der Waals surface area contributed by atoms with Gasteiger partial charge in [-0.3, -0.25) is 0 Å². The number of rotatable bonds is 2. The molecule has 1 fully saturated rings. The molecule has 0 aliphatic heterocycles. The second kappa shape index (κ2) is 2.31. The lowest BCUT2D eigenvalue weighted by molar-refractivity contribution is 0.101. The van der Waals surface area contributed by atoms with Crippen molar-refractivity contribution >= 4 is 0 Å². The van der Waals surface area contributed by atoms with Crippen LogP contribution in [0.4, 0.5) is 0 Å². The summed E-state index contributed by atoms with van der Waals surface area (Å²) in [5.74, 6) is 0.535. The maximum absolute atomic E-state index is 9.06. The first kappa shape index (κ1) is 5.83. The molecule has 1 aliphatic carbocycles. The fourth-order valence-electron chi connectivity index (χ4n) is 0.974. The van der Waals surface area contributed by atoms with Crippen LogP contribution in [0, 0.1) is 5.92 Å². The van der Waals surface area contributed by atoms with Crippen LogP contribution in [0.5, 0.6) is 0 Å². The minimum absolute atomic E-state index is 0.233. The lowest BCUT2D eigenvalue weighted by Gasteiger charge is -2.27. The topological polar surface area (TPSA) is 20.2 Å². The Morgan fingerprint density at radius 3 is 2.38 bits per heavy atom. The van der Waals surface area contributed by atoms with Gasteiger partial charge in [-0.2, -0.15) is 0 Å². The Hall–Kier alpha value is -0.300. The monoisotopic (exact) mass is 112 g/mol. The summed E-state index contributed by atoms with van der Waals surface area (Å²) in [5, 5.41) is 9.06. The van der Waals surface area contributed by atoms with Crippen molar-refractivity contribution in [3.8, 4) is 0 Å². The normalized spacial score (nSPS) is 24.1. The number of hydrogen-bond acceptors (Lipinski definition) is 1. The predicted molar refractivity (Wildman–Crippen MR) is 33.5 cm³/mol. The van der Waals surface area contributed by atoms with Crippen molar-refractivity contribution in [1.29, 1.82) is 0 Å². The number of aliphatic hydroxyl groups is 1. The van der Waals surface area contributed by atoms with Gasteiger partial charge in [0.05, 0.1) is 6.10 Å². The summed E-state index contributed by atoms with van der Waals surface area (Å²) >= 11 is 0. The van der Waals surface area contributed by atoms with Crippen LogP contribution < -0.4 is 0 Å². The molecule has 46 valence electrons. The lowest BCUT2D eigenvalue weighted by Crippen LogP contribution is -2.24. The van der Waals surface area contributed by atoms with Crippen molar-refractivity contribution in [2.75, 3.05) is 0 Å². The zero-order valence-corrected chi connectivity index (χ0v) is 5.01. The molecule has 0 saturated heterocycles. The van der Waals surface area contributed by atoms with E-state index in [0.29, 0.717) is 5.92 Å². The van der Waals surface area contributed by atoms with Crippen molar-refractivity contribution in [1.82, 2.24) is 0 Å². The molecule has 0 aromatic heterocycles. The van der Waals surface area contributed by atoms with Gasteiger partial charge in [-0.05, 0) is 18.8 Å². The Kier molecular flexibility index (Phi) is 1.69. The van der Waals surface area contributed by atoms with Crippen molar-refractivity contribution < 1.29 is 5.11 Å². The van der Waals surface area contributed by atoms with Crippen molar-refractivity contribution in [2.24, 2.45) is 5.92 Å². The molecule has 0 heterocycles. The molecular formula is C7H12O. The van der Waals surface area contributed by atoms with Gasteiger partial charge in [0.2, 0.25) is 0 Å². The summed E-state index contributed by atoms with van der Waals surface area (Å²) in [5.41, 5.74) is 0. The summed E-state index contributed by atoms with van der Waals surface area (Å²) in [7, 11) is 0. The minimum Gasteiger partial charge on any atom is -0.389 e. The van der Waals surface area contributed by atoms with Gasteiger partial charge >= 0.3 is 0 Å². The molecule has 1 aliphatic rings. The first-order valence-corrected chi connectivity index (χ1v) is 3.15. The smallest absolute Gasteiger partial charge is 0.0746 e. The van der Waals surface area contributed by atoms with E-state index < -0.39 is 0 Å². The molecule has 8 heavy (non-hydrogen) atoms. The van der Waals surface area contributed by atoms with E-state index >= 15 is 0 Å². The quantitative estimate of drug-likeness (QED) is 0.534. The Labute approximate surface area is 50.0 Å². The summed E-state index contributed by atoms with van der Waals surface area (Å²) in [6, 6.07) is 0. The van der Waals surface area contributed by atoms with Crippen molar-refractivity contribution in [2.45, 2.75) is 25.4 Å². The van der Waals surface area contributed by atoms with Gasteiger partial charge in [0, 0.05) is 0 Å². The molecule has 0 aromatic carbocycles. The Balaban J connectivity index is 2.22. The van der Waals surface area contributed by atoms with Crippen molar-refractivity contribution in [3.05, 3.63) is 12.7 Å². The number of aliphatic hydroxyl groups excluding tert-OH is 1. The van der Waals surface area contributed by atoms with Crippen LogP contribution >= 0.6 is 0 Å². The van der Waals surface area contributed by atoms with E-state index in [9.17, 15) is 0 Å². The Morgan fingerprint density at radius 2 is 2.25 bits per heavy atom. The average Bonchev–Trinajstić information content (AvgIpc) is 1.62. The van der Waals surface area contributed by atoms with Crippen LogP contribution in [0.25, 0.3) is 0 Å². The molecule has 0 spiro atoms. The molecule has 1 atom stereocenters. The maximum Gasteiger partial charge on any atom is 0.0746 e. The first-order valence-electron chi connectivity index (χ1n) is 3.15. The molecular weight excluding hydrogens is 100 g/mol. The second-order valence-corrected chi connectivity index (χ2v) is 2.42. The van der Waals surface area contributed by atoms with E-state index in [1.165, 1.54) is 19.3 Å². The largest absolute Gasteiger partial charge is 0.389 e. The van der Waals surface area contributed by atoms with Gasteiger partial charge in [-0.25, -0.2) is 0 Å². The highest BCUT2D eigenvalue weighted by atomic mass is 16.3. The second-order valence-electron chi connectivity index (χ2n) is 2.42. The fourth-order valence-corrected chi connectivity index (χ4v) is 0.974. The Bertz CT molecular complexity index is 84.4. The number of hydrogen-bond donors (Lipinski definition) is 1. The van der Waals surface area contributed by atoms with Gasteiger partial charge in [-0.15, -0.1) is 6.58 Å². The van der Waals surface area contributed by atoms with Crippen LogP contribution in [-0.4, -0.2) is 11.2 Å².